The van der Waals surface area contributed by atoms with Gasteiger partial charge in [-0.25, -0.2) is 0 Å². The molecule has 0 spiro atoms. The Hall–Kier alpha value is -1.95. The van der Waals surface area contributed by atoms with Gasteiger partial charge in [-0.05, 0) is 30.5 Å². The molecule has 1 aromatic carbocycles. The van der Waals surface area contributed by atoms with E-state index in [2.05, 4.69) is 5.32 Å². The van der Waals surface area contributed by atoms with Crippen LogP contribution in [-0.2, 0) is 16.0 Å². The number of carbonyl (C=O) groups excluding carboxylic acids is 1. The SMILES string of the molecule is O=C(NCCc1cc(Cl)c2c(c1)OCCO2)[C@H]1C[C@H]1C(=O)O. The van der Waals surface area contributed by atoms with Gasteiger partial charge in [0.05, 0.1) is 16.9 Å². The highest BCUT2D eigenvalue weighted by atomic mass is 35.5. The quantitative estimate of drug-likeness (QED) is 0.856. The van der Waals surface area contributed by atoms with Gasteiger partial charge in [-0.3, -0.25) is 9.59 Å². The van der Waals surface area contributed by atoms with Gasteiger partial charge in [0.2, 0.25) is 5.91 Å². The molecular formula is C15H16ClNO5. The van der Waals surface area contributed by atoms with Crippen LogP contribution in [-0.4, -0.2) is 36.7 Å². The summed E-state index contributed by atoms with van der Waals surface area (Å²) in [5.74, 6) is -0.837. The highest BCUT2D eigenvalue weighted by Gasteiger charge is 2.48. The third-order valence-corrected chi connectivity index (χ3v) is 4.09. The molecule has 2 N–H and O–H groups in total. The Labute approximate surface area is 132 Å². The Morgan fingerprint density at radius 3 is 2.77 bits per heavy atom. The predicted octanol–water partition coefficient (Wildman–Crippen LogP) is 1.49. The standard InChI is InChI=1S/C15H16ClNO5/c16-11-5-8(6-12-13(11)22-4-3-21-12)1-2-17-14(18)9-7-10(9)15(19)20/h5-6,9-10H,1-4,7H2,(H,17,18)(H,19,20)/t9-,10+/m0/s1. The molecular weight excluding hydrogens is 310 g/mol. The van der Waals surface area contributed by atoms with Crippen molar-refractivity contribution in [1.82, 2.24) is 5.32 Å². The Morgan fingerprint density at radius 1 is 1.27 bits per heavy atom. The van der Waals surface area contributed by atoms with Crippen molar-refractivity contribution >= 4 is 23.5 Å². The maximum absolute atomic E-state index is 11.8. The first-order valence-corrected chi connectivity index (χ1v) is 7.52. The molecule has 0 unspecified atom stereocenters. The number of carbonyl (C=O) groups is 2. The van der Waals surface area contributed by atoms with Crippen molar-refractivity contribution in [3.05, 3.63) is 22.7 Å². The van der Waals surface area contributed by atoms with Gasteiger partial charge < -0.3 is 19.9 Å². The number of halogens is 1. The summed E-state index contributed by atoms with van der Waals surface area (Å²) in [6, 6.07) is 3.64. The minimum atomic E-state index is -0.904. The minimum absolute atomic E-state index is 0.198. The van der Waals surface area contributed by atoms with Gasteiger partial charge in [0.25, 0.3) is 0 Å². The fourth-order valence-corrected chi connectivity index (χ4v) is 2.82. The summed E-state index contributed by atoms with van der Waals surface area (Å²) < 4.78 is 10.9. The number of aliphatic carboxylic acids is 1. The van der Waals surface area contributed by atoms with Crippen LogP contribution in [0.2, 0.25) is 5.02 Å². The first-order chi connectivity index (χ1) is 10.6. The molecule has 1 aliphatic carbocycles. The summed E-state index contributed by atoms with van der Waals surface area (Å²) in [4.78, 5) is 22.5. The molecule has 0 bridgehead atoms. The van der Waals surface area contributed by atoms with Crippen LogP contribution in [0.5, 0.6) is 11.5 Å². The molecule has 1 aromatic rings. The lowest BCUT2D eigenvalue weighted by Crippen LogP contribution is -2.28. The molecule has 1 fully saturated rings. The van der Waals surface area contributed by atoms with Gasteiger partial charge in [0.1, 0.15) is 13.2 Å². The van der Waals surface area contributed by atoms with Crippen LogP contribution in [0.4, 0.5) is 0 Å². The van der Waals surface area contributed by atoms with Crippen LogP contribution in [0.3, 0.4) is 0 Å². The lowest BCUT2D eigenvalue weighted by molar-refractivity contribution is -0.140. The van der Waals surface area contributed by atoms with Gasteiger partial charge >= 0.3 is 5.97 Å². The average Bonchev–Trinajstić information content (AvgIpc) is 3.28. The summed E-state index contributed by atoms with van der Waals surface area (Å²) in [7, 11) is 0. The second kappa shape index (κ2) is 6.04. The van der Waals surface area contributed by atoms with Crippen molar-refractivity contribution < 1.29 is 24.2 Å². The van der Waals surface area contributed by atoms with Crippen LogP contribution < -0.4 is 14.8 Å². The third-order valence-electron chi connectivity index (χ3n) is 3.81. The lowest BCUT2D eigenvalue weighted by Gasteiger charge is -2.20. The number of ether oxygens (including phenoxy) is 2. The number of hydrogen-bond acceptors (Lipinski definition) is 4. The summed E-state index contributed by atoms with van der Waals surface area (Å²) >= 11 is 6.15. The summed E-state index contributed by atoms with van der Waals surface area (Å²) in [6.45, 7) is 1.40. The molecule has 6 nitrogen and oxygen atoms in total. The highest BCUT2D eigenvalue weighted by molar-refractivity contribution is 6.32. The van der Waals surface area contributed by atoms with E-state index in [0.29, 0.717) is 49.1 Å². The van der Waals surface area contributed by atoms with Crippen molar-refractivity contribution in [2.45, 2.75) is 12.8 Å². The van der Waals surface area contributed by atoms with Crippen LogP contribution in [0, 0.1) is 11.8 Å². The monoisotopic (exact) mass is 325 g/mol. The molecule has 3 rings (SSSR count). The van der Waals surface area contributed by atoms with Crippen LogP contribution in [0.15, 0.2) is 12.1 Å². The Bertz CT molecular complexity index is 618. The third kappa shape index (κ3) is 3.11. The Kier molecular flexibility index (Phi) is 4.11. The van der Waals surface area contributed by atoms with E-state index in [1.807, 2.05) is 6.07 Å². The molecule has 7 heteroatoms. The molecule has 1 heterocycles. The number of benzene rings is 1. The zero-order valence-corrected chi connectivity index (χ0v) is 12.6. The van der Waals surface area contributed by atoms with E-state index in [0.717, 1.165) is 5.56 Å². The van der Waals surface area contributed by atoms with Crippen LogP contribution in [0.1, 0.15) is 12.0 Å². The normalized spacial score (nSPS) is 22.0. The van der Waals surface area contributed by atoms with E-state index in [1.165, 1.54) is 0 Å². The average molecular weight is 326 g/mol. The lowest BCUT2D eigenvalue weighted by atomic mass is 10.1. The number of nitrogens with one attached hydrogen (secondary N) is 1. The van der Waals surface area contributed by atoms with E-state index in [9.17, 15) is 9.59 Å². The zero-order chi connectivity index (χ0) is 15.7. The van der Waals surface area contributed by atoms with Gasteiger partial charge in [0, 0.05) is 6.54 Å². The maximum atomic E-state index is 11.8. The Morgan fingerprint density at radius 2 is 2.05 bits per heavy atom. The molecule has 1 aliphatic heterocycles. The molecule has 2 atom stereocenters. The van der Waals surface area contributed by atoms with E-state index < -0.39 is 11.9 Å². The smallest absolute Gasteiger partial charge is 0.307 e. The summed E-state index contributed by atoms with van der Waals surface area (Å²) in [5, 5.41) is 12.1. The van der Waals surface area contributed by atoms with Crippen LogP contribution in [0.25, 0.3) is 0 Å². The molecule has 1 saturated carbocycles. The van der Waals surface area contributed by atoms with Gasteiger partial charge in [-0.15, -0.1) is 0 Å². The molecule has 0 radical (unpaired) electrons. The van der Waals surface area contributed by atoms with Crippen molar-refractivity contribution in [2.24, 2.45) is 11.8 Å². The predicted molar refractivity (Wildman–Crippen MR) is 78.4 cm³/mol. The number of carboxylic acids is 1. The highest BCUT2D eigenvalue weighted by Crippen LogP contribution is 2.39. The number of hydrogen-bond donors (Lipinski definition) is 2. The largest absolute Gasteiger partial charge is 0.486 e. The number of amides is 1. The zero-order valence-electron chi connectivity index (χ0n) is 11.8. The number of rotatable bonds is 5. The number of fused-ring (bicyclic) bond motifs is 1. The van der Waals surface area contributed by atoms with Gasteiger partial charge in [-0.1, -0.05) is 11.6 Å². The molecule has 0 saturated heterocycles. The molecule has 1 amide bonds. The molecule has 2 aliphatic rings. The van der Waals surface area contributed by atoms with Crippen LogP contribution >= 0.6 is 11.6 Å². The van der Waals surface area contributed by atoms with Crippen molar-refractivity contribution in [3.63, 3.8) is 0 Å². The summed E-state index contributed by atoms with van der Waals surface area (Å²) in [5.41, 5.74) is 0.931. The van der Waals surface area contributed by atoms with E-state index >= 15 is 0 Å². The van der Waals surface area contributed by atoms with Crippen molar-refractivity contribution in [1.29, 1.82) is 0 Å². The van der Waals surface area contributed by atoms with Gasteiger partial charge in [-0.2, -0.15) is 0 Å². The second-order valence-corrected chi connectivity index (χ2v) is 5.84. The fourth-order valence-electron chi connectivity index (χ4n) is 2.53. The summed E-state index contributed by atoms with van der Waals surface area (Å²) in [6.07, 6.45) is 1.02. The Balaban J connectivity index is 1.53. The van der Waals surface area contributed by atoms with E-state index in [1.54, 1.807) is 6.07 Å². The van der Waals surface area contributed by atoms with Crippen molar-refractivity contribution in [3.8, 4) is 11.5 Å². The van der Waals surface area contributed by atoms with E-state index in [-0.39, 0.29) is 11.8 Å². The molecule has 0 aromatic heterocycles. The maximum Gasteiger partial charge on any atom is 0.307 e. The first-order valence-electron chi connectivity index (χ1n) is 7.15. The minimum Gasteiger partial charge on any atom is -0.486 e. The number of carboxylic acid groups (broad SMARTS) is 1. The second-order valence-electron chi connectivity index (χ2n) is 5.43. The first kappa shape index (κ1) is 15.0. The molecule has 22 heavy (non-hydrogen) atoms. The van der Waals surface area contributed by atoms with E-state index in [4.69, 9.17) is 26.2 Å². The topological polar surface area (TPSA) is 84.9 Å². The molecule has 118 valence electrons. The fraction of sp³-hybridized carbons (Fsp3) is 0.467. The van der Waals surface area contributed by atoms with Gasteiger partial charge in [0.15, 0.2) is 11.5 Å². The van der Waals surface area contributed by atoms with Crippen molar-refractivity contribution in [2.75, 3.05) is 19.8 Å².